The minimum atomic E-state index is -3.57. The lowest BCUT2D eigenvalue weighted by atomic mass is 10.0. The Hall–Kier alpha value is -2.38. The van der Waals surface area contributed by atoms with E-state index < -0.39 is 15.7 Å². The van der Waals surface area contributed by atoms with Crippen LogP contribution in [0.25, 0.3) is 0 Å². The molecule has 0 radical (unpaired) electrons. The number of aryl methyl sites for hydroxylation is 1. The number of fused-ring (bicyclic) bond motifs is 1. The van der Waals surface area contributed by atoms with Gasteiger partial charge in [0, 0.05) is 6.54 Å². The molecule has 0 unspecified atom stereocenters. The number of carbonyl (C=O) groups excluding carboxylic acids is 1. The third-order valence-corrected chi connectivity index (χ3v) is 5.87. The maximum atomic E-state index is 12.7. The Balaban J connectivity index is 1.79. The van der Waals surface area contributed by atoms with Gasteiger partial charge in [0.1, 0.15) is 11.9 Å². The fourth-order valence-corrected chi connectivity index (χ4v) is 4.11. The molecule has 0 spiro atoms. The quantitative estimate of drug-likeness (QED) is 0.809. The lowest BCUT2D eigenvalue weighted by Crippen LogP contribution is -2.38. The van der Waals surface area contributed by atoms with Gasteiger partial charge in [0.2, 0.25) is 15.7 Å². The molecule has 6 nitrogen and oxygen atoms in total. The van der Waals surface area contributed by atoms with E-state index in [0.717, 1.165) is 18.4 Å². The molecule has 1 heterocycles. The molecule has 1 aliphatic rings. The highest BCUT2D eigenvalue weighted by molar-refractivity contribution is 7.91. The molecule has 0 fully saturated rings. The number of nitrogens with two attached hydrogens (primary N) is 1. The molecule has 0 bridgehead atoms. The molecule has 1 atom stereocenters. The van der Waals surface area contributed by atoms with Crippen molar-refractivity contribution in [2.75, 3.05) is 13.1 Å². The van der Waals surface area contributed by atoms with E-state index >= 15 is 0 Å². The molecule has 2 aromatic carbocycles. The van der Waals surface area contributed by atoms with Gasteiger partial charge in [-0.3, -0.25) is 4.79 Å². The molecule has 2 aromatic rings. The molecule has 132 valence electrons. The standard InChI is InChI=1S/C18H20N2O4S/c19-18(21)12-20-11-14-8-6-13-7-9-16(10-17(13)24-14)25(22,23)15-4-2-1-3-5-15/h1-5,7,9-10,14,20H,6,8,11-12H2,(H2,19,21)/t14-/m1/s1. The Morgan fingerprint density at radius 3 is 2.64 bits per heavy atom. The largest absolute Gasteiger partial charge is 0.489 e. The lowest BCUT2D eigenvalue weighted by Gasteiger charge is -2.26. The Morgan fingerprint density at radius 2 is 1.92 bits per heavy atom. The first kappa shape index (κ1) is 17.4. The van der Waals surface area contributed by atoms with E-state index in [1.165, 1.54) is 0 Å². The smallest absolute Gasteiger partial charge is 0.231 e. The second-order valence-corrected chi connectivity index (χ2v) is 7.91. The summed E-state index contributed by atoms with van der Waals surface area (Å²) >= 11 is 0. The summed E-state index contributed by atoms with van der Waals surface area (Å²) in [6, 6.07) is 13.3. The van der Waals surface area contributed by atoms with E-state index in [1.807, 2.05) is 0 Å². The van der Waals surface area contributed by atoms with Crippen LogP contribution in [0.2, 0.25) is 0 Å². The van der Waals surface area contributed by atoms with Crippen LogP contribution >= 0.6 is 0 Å². The molecule has 25 heavy (non-hydrogen) atoms. The van der Waals surface area contributed by atoms with E-state index in [4.69, 9.17) is 10.5 Å². The normalized spacial score (nSPS) is 16.7. The number of ether oxygens (including phenoxy) is 1. The number of primary amides is 1. The van der Waals surface area contributed by atoms with Crippen LogP contribution in [0.3, 0.4) is 0 Å². The van der Waals surface area contributed by atoms with Crippen molar-refractivity contribution in [1.82, 2.24) is 5.32 Å². The van der Waals surface area contributed by atoms with E-state index in [2.05, 4.69) is 5.32 Å². The highest BCUT2D eigenvalue weighted by Gasteiger charge is 2.23. The molecule has 3 rings (SSSR count). The summed E-state index contributed by atoms with van der Waals surface area (Å²) in [4.78, 5) is 11.2. The summed E-state index contributed by atoms with van der Waals surface area (Å²) < 4.78 is 31.4. The average molecular weight is 360 g/mol. The van der Waals surface area contributed by atoms with E-state index in [9.17, 15) is 13.2 Å². The van der Waals surface area contributed by atoms with E-state index in [0.29, 0.717) is 12.3 Å². The monoisotopic (exact) mass is 360 g/mol. The lowest BCUT2D eigenvalue weighted by molar-refractivity contribution is -0.117. The maximum Gasteiger partial charge on any atom is 0.231 e. The van der Waals surface area contributed by atoms with Gasteiger partial charge in [-0.05, 0) is 42.7 Å². The van der Waals surface area contributed by atoms with Crippen LogP contribution in [-0.2, 0) is 21.1 Å². The van der Waals surface area contributed by atoms with Gasteiger partial charge in [-0.25, -0.2) is 8.42 Å². The van der Waals surface area contributed by atoms with Gasteiger partial charge >= 0.3 is 0 Å². The summed E-state index contributed by atoms with van der Waals surface area (Å²) in [5.41, 5.74) is 6.08. The van der Waals surface area contributed by atoms with E-state index in [-0.39, 0.29) is 22.4 Å². The van der Waals surface area contributed by atoms with Crippen LogP contribution in [0, 0.1) is 0 Å². The predicted octanol–water partition coefficient (Wildman–Crippen LogP) is 1.29. The van der Waals surface area contributed by atoms with Gasteiger partial charge in [0.25, 0.3) is 0 Å². The van der Waals surface area contributed by atoms with Crippen molar-refractivity contribution in [3.8, 4) is 5.75 Å². The first-order valence-corrected chi connectivity index (χ1v) is 9.54. The number of hydrogen-bond acceptors (Lipinski definition) is 5. The Bertz CT molecular complexity index is 866. The minimum Gasteiger partial charge on any atom is -0.489 e. The number of hydrogen-bond donors (Lipinski definition) is 2. The van der Waals surface area contributed by atoms with Crippen molar-refractivity contribution in [3.63, 3.8) is 0 Å². The van der Waals surface area contributed by atoms with Gasteiger partial charge in [-0.15, -0.1) is 0 Å². The predicted molar refractivity (Wildman–Crippen MR) is 93.1 cm³/mol. The average Bonchev–Trinajstić information content (AvgIpc) is 2.61. The van der Waals surface area contributed by atoms with Crippen LogP contribution in [0.1, 0.15) is 12.0 Å². The topological polar surface area (TPSA) is 98.5 Å². The van der Waals surface area contributed by atoms with Gasteiger partial charge in [0.05, 0.1) is 16.3 Å². The molecule has 0 saturated heterocycles. The molecule has 0 aliphatic carbocycles. The molecule has 3 N–H and O–H groups in total. The van der Waals surface area contributed by atoms with Gasteiger partial charge in [0.15, 0.2) is 0 Å². The van der Waals surface area contributed by atoms with Crippen molar-refractivity contribution in [2.24, 2.45) is 5.73 Å². The third kappa shape index (κ3) is 4.00. The molecular weight excluding hydrogens is 340 g/mol. The Kier molecular flexibility index (Phi) is 5.06. The minimum absolute atomic E-state index is 0.0924. The van der Waals surface area contributed by atoms with Crippen LogP contribution < -0.4 is 15.8 Å². The fourth-order valence-electron chi connectivity index (χ4n) is 2.81. The van der Waals surface area contributed by atoms with Crippen molar-refractivity contribution >= 4 is 15.7 Å². The Morgan fingerprint density at radius 1 is 1.16 bits per heavy atom. The highest BCUT2D eigenvalue weighted by Crippen LogP contribution is 2.32. The van der Waals surface area contributed by atoms with Gasteiger partial charge < -0.3 is 15.8 Å². The number of carbonyl (C=O) groups is 1. The number of amides is 1. The second-order valence-electron chi connectivity index (χ2n) is 5.96. The number of rotatable bonds is 6. The molecule has 7 heteroatoms. The second kappa shape index (κ2) is 7.25. The van der Waals surface area contributed by atoms with Crippen LogP contribution in [0.5, 0.6) is 5.75 Å². The summed E-state index contributed by atoms with van der Waals surface area (Å²) in [5.74, 6) is 0.154. The number of benzene rings is 2. The zero-order valence-corrected chi connectivity index (χ0v) is 14.5. The number of nitrogens with one attached hydrogen (secondary N) is 1. The van der Waals surface area contributed by atoms with Crippen molar-refractivity contribution in [2.45, 2.75) is 28.7 Å². The fraction of sp³-hybridized carbons (Fsp3) is 0.278. The number of sulfone groups is 1. The van der Waals surface area contributed by atoms with Crippen LogP contribution in [0.4, 0.5) is 0 Å². The van der Waals surface area contributed by atoms with Crippen molar-refractivity contribution < 1.29 is 17.9 Å². The molecule has 1 amide bonds. The van der Waals surface area contributed by atoms with Gasteiger partial charge in [-0.1, -0.05) is 24.3 Å². The van der Waals surface area contributed by atoms with Crippen molar-refractivity contribution in [3.05, 3.63) is 54.1 Å². The zero-order chi connectivity index (χ0) is 17.9. The summed E-state index contributed by atoms with van der Waals surface area (Å²) in [6.45, 7) is 0.577. The molecular formula is C18H20N2O4S. The zero-order valence-electron chi connectivity index (χ0n) is 13.6. The van der Waals surface area contributed by atoms with Gasteiger partial charge in [-0.2, -0.15) is 0 Å². The SMILES string of the molecule is NC(=O)CNC[C@H]1CCc2ccc(S(=O)(=O)c3ccccc3)cc2O1. The maximum absolute atomic E-state index is 12.7. The van der Waals surface area contributed by atoms with Crippen LogP contribution in [0.15, 0.2) is 58.3 Å². The first-order chi connectivity index (χ1) is 12.0. The van der Waals surface area contributed by atoms with E-state index in [1.54, 1.807) is 48.5 Å². The third-order valence-electron chi connectivity index (χ3n) is 4.10. The van der Waals surface area contributed by atoms with Crippen LogP contribution in [-0.4, -0.2) is 33.5 Å². The summed E-state index contributed by atoms with van der Waals surface area (Å²) in [5, 5.41) is 2.94. The molecule has 1 aliphatic heterocycles. The molecule has 0 aromatic heterocycles. The Labute approximate surface area is 146 Å². The highest BCUT2D eigenvalue weighted by atomic mass is 32.2. The van der Waals surface area contributed by atoms with Crippen molar-refractivity contribution in [1.29, 1.82) is 0 Å². The summed E-state index contributed by atoms with van der Waals surface area (Å²) in [7, 11) is -3.57. The summed E-state index contributed by atoms with van der Waals surface area (Å²) in [6.07, 6.45) is 1.47. The molecule has 0 saturated carbocycles. The first-order valence-electron chi connectivity index (χ1n) is 8.05.